The molecule has 1 atom stereocenters. The van der Waals surface area contributed by atoms with Gasteiger partial charge in [0.1, 0.15) is 0 Å². The summed E-state index contributed by atoms with van der Waals surface area (Å²) in [6, 6.07) is 10.8. The lowest BCUT2D eigenvalue weighted by Gasteiger charge is -2.11. The number of para-hydroxylation sites is 1. The number of benzene rings is 1. The number of hydrogen-bond donors (Lipinski definition) is 1. The van der Waals surface area contributed by atoms with Crippen LogP contribution in [0.4, 0.5) is 0 Å². The SMILES string of the molecule is CC(CCN)c1cc2ccccc2n1C. The van der Waals surface area contributed by atoms with Crippen LogP contribution in [-0.4, -0.2) is 11.1 Å². The molecule has 0 aliphatic rings. The normalized spacial score (nSPS) is 13.3. The molecule has 2 nitrogen and oxygen atoms in total. The van der Waals surface area contributed by atoms with E-state index < -0.39 is 0 Å². The highest BCUT2D eigenvalue weighted by molar-refractivity contribution is 5.81. The summed E-state index contributed by atoms with van der Waals surface area (Å²) in [4.78, 5) is 0. The van der Waals surface area contributed by atoms with E-state index in [-0.39, 0.29) is 0 Å². The molecule has 1 aromatic carbocycles. The van der Waals surface area contributed by atoms with Crippen LogP contribution in [0.25, 0.3) is 10.9 Å². The molecule has 0 aliphatic heterocycles. The molecule has 0 spiro atoms. The molecule has 1 heterocycles. The topological polar surface area (TPSA) is 30.9 Å². The number of fused-ring (bicyclic) bond motifs is 1. The lowest BCUT2D eigenvalue weighted by Crippen LogP contribution is -2.07. The summed E-state index contributed by atoms with van der Waals surface area (Å²) in [5.41, 5.74) is 8.28. The second kappa shape index (κ2) is 4.07. The number of nitrogens with zero attached hydrogens (tertiary/aromatic N) is 1. The molecule has 1 unspecified atom stereocenters. The molecule has 15 heavy (non-hydrogen) atoms. The van der Waals surface area contributed by atoms with Crippen LogP contribution in [0.3, 0.4) is 0 Å². The molecule has 0 saturated carbocycles. The fraction of sp³-hybridized carbons (Fsp3) is 0.385. The fourth-order valence-electron chi connectivity index (χ4n) is 2.18. The van der Waals surface area contributed by atoms with E-state index in [4.69, 9.17) is 5.73 Å². The quantitative estimate of drug-likeness (QED) is 0.815. The van der Waals surface area contributed by atoms with Gasteiger partial charge in [-0.1, -0.05) is 25.1 Å². The molecule has 0 radical (unpaired) electrons. The molecule has 2 rings (SSSR count). The number of aryl methyl sites for hydroxylation is 1. The van der Waals surface area contributed by atoms with Crippen molar-refractivity contribution in [3.63, 3.8) is 0 Å². The molecule has 0 bridgehead atoms. The Kier molecular flexibility index (Phi) is 2.78. The van der Waals surface area contributed by atoms with Crippen LogP contribution in [0.5, 0.6) is 0 Å². The summed E-state index contributed by atoms with van der Waals surface area (Å²) < 4.78 is 2.27. The zero-order valence-corrected chi connectivity index (χ0v) is 9.40. The molecular weight excluding hydrogens is 184 g/mol. The highest BCUT2D eigenvalue weighted by Gasteiger charge is 2.10. The van der Waals surface area contributed by atoms with Crippen LogP contribution >= 0.6 is 0 Å². The van der Waals surface area contributed by atoms with Crippen LogP contribution in [0.2, 0.25) is 0 Å². The van der Waals surface area contributed by atoms with Crippen LogP contribution in [0.1, 0.15) is 25.0 Å². The van der Waals surface area contributed by atoms with Gasteiger partial charge in [-0.2, -0.15) is 0 Å². The second-order valence-electron chi connectivity index (χ2n) is 4.17. The van der Waals surface area contributed by atoms with Gasteiger partial charge in [-0.05, 0) is 36.4 Å². The van der Waals surface area contributed by atoms with Gasteiger partial charge in [-0.3, -0.25) is 0 Å². The van der Waals surface area contributed by atoms with Gasteiger partial charge in [-0.25, -0.2) is 0 Å². The average Bonchev–Trinajstić information content (AvgIpc) is 2.57. The minimum atomic E-state index is 0.535. The average molecular weight is 202 g/mol. The summed E-state index contributed by atoms with van der Waals surface area (Å²) in [5, 5.41) is 1.32. The largest absolute Gasteiger partial charge is 0.347 e. The van der Waals surface area contributed by atoms with Crippen molar-refractivity contribution in [3.8, 4) is 0 Å². The highest BCUT2D eigenvalue weighted by atomic mass is 14.9. The number of hydrogen-bond acceptors (Lipinski definition) is 1. The van der Waals surface area contributed by atoms with Crippen LogP contribution in [0.15, 0.2) is 30.3 Å². The van der Waals surface area contributed by atoms with E-state index in [0.29, 0.717) is 5.92 Å². The monoisotopic (exact) mass is 202 g/mol. The zero-order chi connectivity index (χ0) is 10.8. The van der Waals surface area contributed by atoms with Crippen LogP contribution < -0.4 is 5.73 Å². The van der Waals surface area contributed by atoms with Crippen molar-refractivity contribution in [2.24, 2.45) is 12.8 Å². The predicted molar refractivity (Wildman–Crippen MR) is 65.0 cm³/mol. The van der Waals surface area contributed by atoms with E-state index in [1.807, 2.05) is 0 Å². The predicted octanol–water partition coefficient (Wildman–Crippen LogP) is 2.63. The maximum atomic E-state index is 5.60. The van der Waals surface area contributed by atoms with E-state index in [0.717, 1.165) is 13.0 Å². The van der Waals surface area contributed by atoms with E-state index >= 15 is 0 Å². The van der Waals surface area contributed by atoms with Gasteiger partial charge in [0.05, 0.1) is 0 Å². The Bertz CT molecular complexity index is 457. The van der Waals surface area contributed by atoms with Gasteiger partial charge in [0.15, 0.2) is 0 Å². The number of nitrogens with two attached hydrogens (primary N) is 1. The summed E-state index contributed by atoms with van der Waals surface area (Å²) >= 11 is 0. The molecule has 80 valence electrons. The molecule has 0 amide bonds. The lowest BCUT2D eigenvalue weighted by atomic mass is 10.0. The first-order valence-corrected chi connectivity index (χ1v) is 5.48. The summed E-state index contributed by atoms with van der Waals surface area (Å²) in [6.45, 7) is 2.99. The van der Waals surface area contributed by atoms with Gasteiger partial charge >= 0.3 is 0 Å². The molecule has 1 aromatic heterocycles. The molecule has 0 aliphatic carbocycles. The summed E-state index contributed by atoms with van der Waals surface area (Å²) in [7, 11) is 2.13. The van der Waals surface area contributed by atoms with E-state index in [1.54, 1.807) is 0 Å². The van der Waals surface area contributed by atoms with Gasteiger partial charge in [0.25, 0.3) is 0 Å². The van der Waals surface area contributed by atoms with Gasteiger partial charge < -0.3 is 10.3 Å². The van der Waals surface area contributed by atoms with Crippen molar-refractivity contribution in [3.05, 3.63) is 36.0 Å². The first-order valence-electron chi connectivity index (χ1n) is 5.48. The smallest absolute Gasteiger partial charge is 0.0479 e. The Morgan fingerprint density at radius 3 is 2.73 bits per heavy atom. The third kappa shape index (κ3) is 1.77. The van der Waals surface area contributed by atoms with Crippen molar-refractivity contribution in [1.82, 2.24) is 4.57 Å². The van der Waals surface area contributed by atoms with E-state index in [2.05, 4.69) is 48.9 Å². The summed E-state index contributed by atoms with van der Waals surface area (Å²) in [5.74, 6) is 0.535. The van der Waals surface area contributed by atoms with E-state index in [9.17, 15) is 0 Å². The Morgan fingerprint density at radius 1 is 1.33 bits per heavy atom. The first kappa shape index (κ1) is 10.2. The fourth-order valence-corrected chi connectivity index (χ4v) is 2.18. The number of rotatable bonds is 3. The molecular formula is C13H18N2. The minimum Gasteiger partial charge on any atom is -0.347 e. The van der Waals surface area contributed by atoms with Crippen molar-refractivity contribution in [2.75, 3.05) is 6.54 Å². The maximum Gasteiger partial charge on any atom is 0.0479 e. The van der Waals surface area contributed by atoms with Gasteiger partial charge in [0, 0.05) is 18.3 Å². The molecule has 2 aromatic rings. The zero-order valence-electron chi connectivity index (χ0n) is 9.40. The number of aromatic nitrogens is 1. The molecule has 2 heteroatoms. The lowest BCUT2D eigenvalue weighted by molar-refractivity contribution is 0.644. The highest BCUT2D eigenvalue weighted by Crippen LogP contribution is 2.25. The molecule has 0 saturated heterocycles. The van der Waals surface area contributed by atoms with Gasteiger partial charge in [-0.15, -0.1) is 0 Å². The Morgan fingerprint density at radius 2 is 2.07 bits per heavy atom. The third-order valence-corrected chi connectivity index (χ3v) is 3.09. The molecule has 0 fully saturated rings. The third-order valence-electron chi connectivity index (χ3n) is 3.09. The Labute approximate surface area is 90.7 Å². The Hall–Kier alpha value is -1.28. The maximum absolute atomic E-state index is 5.60. The molecule has 2 N–H and O–H groups in total. The van der Waals surface area contributed by atoms with Crippen molar-refractivity contribution >= 4 is 10.9 Å². The van der Waals surface area contributed by atoms with Crippen molar-refractivity contribution in [2.45, 2.75) is 19.3 Å². The van der Waals surface area contributed by atoms with E-state index in [1.165, 1.54) is 16.6 Å². The van der Waals surface area contributed by atoms with Crippen molar-refractivity contribution in [1.29, 1.82) is 0 Å². The van der Waals surface area contributed by atoms with Crippen LogP contribution in [0, 0.1) is 0 Å². The first-order chi connectivity index (χ1) is 7.24. The minimum absolute atomic E-state index is 0.535. The summed E-state index contributed by atoms with van der Waals surface area (Å²) in [6.07, 6.45) is 1.05. The Balaban J connectivity index is 2.48. The van der Waals surface area contributed by atoms with Crippen LogP contribution in [-0.2, 0) is 7.05 Å². The standard InChI is InChI=1S/C13H18N2/c1-10(7-8-14)13-9-11-5-3-4-6-12(11)15(13)2/h3-6,9-10H,7-8,14H2,1-2H3. The van der Waals surface area contributed by atoms with Crippen molar-refractivity contribution < 1.29 is 0 Å². The second-order valence-corrected chi connectivity index (χ2v) is 4.17. The van der Waals surface area contributed by atoms with Gasteiger partial charge in [0.2, 0.25) is 0 Å².